The van der Waals surface area contributed by atoms with E-state index in [1.165, 1.54) is 24.3 Å². The Bertz CT molecular complexity index is 1000. The maximum atomic E-state index is 13.0. The van der Waals surface area contributed by atoms with Crippen LogP contribution in [0.1, 0.15) is 0 Å². The van der Waals surface area contributed by atoms with E-state index in [9.17, 15) is 19.3 Å². The maximum Gasteiger partial charge on any atom is 0.355 e. The first-order chi connectivity index (χ1) is 14.0. The summed E-state index contributed by atoms with van der Waals surface area (Å²) in [7, 11) is 0. The molecule has 0 spiro atoms. The van der Waals surface area contributed by atoms with Gasteiger partial charge in [-0.2, -0.15) is 0 Å². The minimum Gasteiger partial charge on any atom is -0.484 e. The first-order valence-corrected chi connectivity index (χ1v) is 8.27. The largest absolute Gasteiger partial charge is 0.484 e. The molecule has 3 N–H and O–H groups in total. The molecule has 0 aliphatic rings. The number of nitro groups is 1. The smallest absolute Gasteiger partial charge is 0.355 e. The highest BCUT2D eigenvalue weighted by molar-refractivity contribution is 5.80. The fourth-order valence-corrected chi connectivity index (χ4v) is 2.24. The van der Waals surface area contributed by atoms with Gasteiger partial charge in [0.1, 0.15) is 17.9 Å². The number of ether oxygens (including phenoxy) is 1. The highest BCUT2D eigenvalue weighted by Crippen LogP contribution is 2.30. The molecule has 0 atom stereocenters. The van der Waals surface area contributed by atoms with Crippen LogP contribution in [0.3, 0.4) is 0 Å². The van der Waals surface area contributed by atoms with Crippen molar-refractivity contribution < 1.29 is 18.8 Å². The summed E-state index contributed by atoms with van der Waals surface area (Å²) in [5.41, 5.74) is 4.56. The number of nitrogens with zero attached hydrogens (tertiary/aromatic N) is 3. The molecule has 1 heterocycles. The predicted octanol–water partition coefficient (Wildman–Crippen LogP) is 2.79. The van der Waals surface area contributed by atoms with Gasteiger partial charge in [-0.3, -0.25) is 25.8 Å². The van der Waals surface area contributed by atoms with Gasteiger partial charge in [0, 0.05) is 5.69 Å². The number of carbonyl (C=O) groups is 1. The molecule has 0 unspecified atom stereocenters. The van der Waals surface area contributed by atoms with Crippen molar-refractivity contribution in [2.45, 2.75) is 0 Å². The molecule has 0 radical (unpaired) electrons. The molecule has 3 aromatic rings. The van der Waals surface area contributed by atoms with Gasteiger partial charge in [0.25, 0.3) is 5.91 Å². The minimum atomic E-state index is -0.708. The number of hydrogen-bond acceptors (Lipinski definition) is 8. The van der Waals surface area contributed by atoms with E-state index in [-0.39, 0.29) is 18.2 Å². The summed E-state index contributed by atoms with van der Waals surface area (Å²) in [5, 5.41) is 14.2. The lowest BCUT2D eigenvalue weighted by molar-refractivity contribution is -0.383. The Morgan fingerprint density at radius 2 is 1.76 bits per heavy atom. The topological polar surface area (TPSA) is 131 Å². The number of aromatic nitrogens is 2. The summed E-state index contributed by atoms with van der Waals surface area (Å²) in [4.78, 5) is 30.3. The van der Waals surface area contributed by atoms with Crippen molar-refractivity contribution in [3.05, 3.63) is 76.9 Å². The number of nitrogens with one attached hydrogen (secondary N) is 3. The Labute approximate surface area is 163 Å². The molecule has 0 aliphatic carbocycles. The van der Waals surface area contributed by atoms with Gasteiger partial charge in [-0.05, 0) is 36.4 Å². The second-order valence-corrected chi connectivity index (χ2v) is 5.58. The van der Waals surface area contributed by atoms with Gasteiger partial charge in [-0.25, -0.2) is 14.4 Å². The molecule has 1 aromatic heterocycles. The standard InChI is InChI=1S/C18H15FN6O4/c19-12-6-8-13(9-7-12)22-17-16(25(27)28)18(21-11-20-17)24-23-15(26)10-29-14-4-2-1-3-5-14/h1-9,11H,10H2,(H,23,26)(H2,20,21,22,24). The summed E-state index contributed by atoms with van der Waals surface area (Å²) in [6.07, 6.45) is 1.08. The van der Waals surface area contributed by atoms with E-state index >= 15 is 0 Å². The monoisotopic (exact) mass is 398 g/mol. The van der Waals surface area contributed by atoms with Gasteiger partial charge in [0.2, 0.25) is 11.6 Å². The third kappa shape index (κ3) is 5.35. The Kier molecular flexibility index (Phi) is 6.10. The molecule has 11 heteroatoms. The molecule has 0 aliphatic heterocycles. The summed E-state index contributed by atoms with van der Waals surface area (Å²) in [6, 6.07) is 13.9. The van der Waals surface area contributed by atoms with Crippen LogP contribution in [0, 0.1) is 15.9 Å². The first-order valence-electron chi connectivity index (χ1n) is 8.27. The fraction of sp³-hybridized carbons (Fsp3) is 0.0556. The van der Waals surface area contributed by atoms with Crippen LogP contribution in [0.15, 0.2) is 60.9 Å². The van der Waals surface area contributed by atoms with Crippen LogP contribution in [0.5, 0.6) is 5.75 Å². The molecule has 0 bridgehead atoms. The summed E-state index contributed by atoms with van der Waals surface area (Å²) in [6.45, 7) is -0.309. The van der Waals surface area contributed by atoms with E-state index in [1.807, 2.05) is 0 Å². The number of carbonyl (C=O) groups excluding carboxylic acids is 1. The lowest BCUT2D eigenvalue weighted by Crippen LogP contribution is -2.34. The van der Waals surface area contributed by atoms with Gasteiger partial charge in [0.05, 0.1) is 4.92 Å². The van der Waals surface area contributed by atoms with E-state index in [2.05, 4.69) is 26.1 Å². The van der Waals surface area contributed by atoms with Crippen molar-refractivity contribution in [1.82, 2.24) is 15.4 Å². The quantitative estimate of drug-likeness (QED) is 0.390. The van der Waals surface area contributed by atoms with E-state index in [0.29, 0.717) is 11.4 Å². The van der Waals surface area contributed by atoms with Crippen molar-refractivity contribution >= 4 is 28.9 Å². The Morgan fingerprint density at radius 3 is 2.45 bits per heavy atom. The summed E-state index contributed by atoms with van der Waals surface area (Å²) < 4.78 is 18.3. The van der Waals surface area contributed by atoms with Crippen LogP contribution < -0.4 is 20.9 Å². The van der Waals surface area contributed by atoms with E-state index in [0.717, 1.165) is 6.33 Å². The van der Waals surface area contributed by atoms with Crippen molar-refractivity contribution in [2.75, 3.05) is 17.3 Å². The third-order valence-corrected chi connectivity index (χ3v) is 3.55. The van der Waals surface area contributed by atoms with Gasteiger partial charge in [-0.15, -0.1) is 0 Å². The van der Waals surface area contributed by atoms with Crippen LogP contribution >= 0.6 is 0 Å². The zero-order chi connectivity index (χ0) is 20.6. The van der Waals surface area contributed by atoms with Gasteiger partial charge in [-0.1, -0.05) is 18.2 Å². The Hall–Kier alpha value is -4.28. The van der Waals surface area contributed by atoms with Crippen molar-refractivity contribution in [3.63, 3.8) is 0 Å². The molecule has 29 heavy (non-hydrogen) atoms. The molecule has 1 amide bonds. The summed E-state index contributed by atoms with van der Waals surface area (Å²) in [5.74, 6) is -0.886. The van der Waals surface area contributed by atoms with E-state index in [1.54, 1.807) is 30.3 Å². The average molecular weight is 398 g/mol. The molecule has 10 nitrogen and oxygen atoms in total. The van der Waals surface area contributed by atoms with Crippen molar-refractivity contribution in [1.29, 1.82) is 0 Å². The van der Waals surface area contributed by atoms with Gasteiger partial charge >= 0.3 is 5.69 Å². The number of rotatable bonds is 8. The summed E-state index contributed by atoms with van der Waals surface area (Å²) >= 11 is 0. The van der Waals surface area contributed by atoms with E-state index < -0.39 is 22.3 Å². The molecule has 0 saturated heterocycles. The number of hydrogen-bond donors (Lipinski definition) is 3. The average Bonchev–Trinajstić information content (AvgIpc) is 2.73. The second-order valence-electron chi connectivity index (χ2n) is 5.58. The lowest BCUT2D eigenvalue weighted by atomic mass is 10.3. The Morgan fingerprint density at radius 1 is 1.07 bits per heavy atom. The van der Waals surface area contributed by atoms with Crippen molar-refractivity contribution in [2.24, 2.45) is 0 Å². The van der Waals surface area contributed by atoms with Crippen LogP contribution in [0.2, 0.25) is 0 Å². The third-order valence-electron chi connectivity index (χ3n) is 3.55. The first kappa shape index (κ1) is 19.5. The van der Waals surface area contributed by atoms with Crippen LogP contribution in [-0.2, 0) is 4.79 Å². The second kappa shape index (κ2) is 9.08. The van der Waals surface area contributed by atoms with Crippen LogP contribution in [0.4, 0.5) is 27.4 Å². The number of anilines is 3. The molecular weight excluding hydrogens is 383 g/mol. The molecule has 0 fully saturated rings. The molecule has 3 rings (SSSR count). The minimum absolute atomic E-state index is 0.131. The van der Waals surface area contributed by atoms with Gasteiger partial charge in [0.15, 0.2) is 6.61 Å². The van der Waals surface area contributed by atoms with Gasteiger partial charge < -0.3 is 10.1 Å². The highest BCUT2D eigenvalue weighted by Gasteiger charge is 2.23. The molecule has 0 saturated carbocycles. The zero-order valence-electron chi connectivity index (χ0n) is 14.8. The molecule has 148 valence electrons. The van der Waals surface area contributed by atoms with Crippen LogP contribution in [0.25, 0.3) is 0 Å². The zero-order valence-corrected chi connectivity index (χ0v) is 14.8. The molecule has 2 aromatic carbocycles. The predicted molar refractivity (Wildman–Crippen MR) is 102 cm³/mol. The number of amides is 1. The Balaban J connectivity index is 1.67. The number of benzene rings is 2. The van der Waals surface area contributed by atoms with Crippen LogP contribution in [-0.4, -0.2) is 27.4 Å². The number of para-hydroxylation sites is 1. The molecular formula is C18H15FN6O4. The fourth-order valence-electron chi connectivity index (χ4n) is 2.24. The SMILES string of the molecule is O=C(COc1ccccc1)NNc1ncnc(Nc2ccc(F)cc2)c1[N+](=O)[O-]. The maximum absolute atomic E-state index is 13.0. The highest BCUT2D eigenvalue weighted by atomic mass is 19.1. The van der Waals surface area contributed by atoms with Crippen molar-refractivity contribution in [3.8, 4) is 5.75 Å². The number of hydrazine groups is 1. The van der Waals surface area contributed by atoms with E-state index in [4.69, 9.17) is 4.74 Å². The normalized spacial score (nSPS) is 10.1. The lowest BCUT2D eigenvalue weighted by Gasteiger charge is -2.11. The number of halogens is 1.